The van der Waals surface area contributed by atoms with Gasteiger partial charge in [0.1, 0.15) is 4.90 Å². The molecule has 2 N–H and O–H groups in total. The van der Waals surface area contributed by atoms with Crippen molar-refractivity contribution in [2.75, 3.05) is 13.6 Å². The molecule has 1 aromatic carbocycles. The van der Waals surface area contributed by atoms with Crippen molar-refractivity contribution in [1.82, 2.24) is 4.31 Å². The molecule has 0 radical (unpaired) electrons. The van der Waals surface area contributed by atoms with Crippen LogP contribution in [0.4, 0.5) is 0 Å². The van der Waals surface area contributed by atoms with Gasteiger partial charge in [0.15, 0.2) is 0 Å². The fourth-order valence-electron chi connectivity index (χ4n) is 1.68. The largest absolute Gasteiger partial charge is 0.326 e. The number of halogens is 2. The third kappa shape index (κ3) is 4.09. The van der Waals surface area contributed by atoms with Crippen LogP contribution in [0.1, 0.15) is 25.8 Å². The Morgan fingerprint density at radius 1 is 1.30 bits per heavy atom. The van der Waals surface area contributed by atoms with E-state index >= 15 is 0 Å². The Kier molecular flexibility index (Phi) is 6.28. The molecule has 1 rings (SSSR count). The van der Waals surface area contributed by atoms with Crippen LogP contribution in [0.5, 0.6) is 0 Å². The topological polar surface area (TPSA) is 63.4 Å². The molecule has 0 amide bonds. The van der Waals surface area contributed by atoms with Crippen LogP contribution in [0.3, 0.4) is 0 Å². The van der Waals surface area contributed by atoms with Crippen molar-refractivity contribution >= 4 is 33.2 Å². The normalized spacial score (nSPS) is 12.4. The van der Waals surface area contributed by atoms with Crippen LogP contribution < -0.4 is 5.73 Å². The van der Waals surface area contributed by atoms with E-state index in [2.05, 4.69) is 0 Å². The quantitative estimate of drug-likeness (QED) is 0.866. The van der Waals surface area contributed by atoms with E-state index in [0.717, 1.165) is 6.42 Å². The maximum atomic E-state index is 12.5. The van der Waals surface area contributed by atoms with Crippen molar-refractivity contribution in [3.8, 4) is 0 Å². The van der Waals surface area contributed by atoms with E-state index in [9.17, 15) is 8.42 Å². The van der Waals surface area contributed by atoms with E-state index < -0.39 is 10.0 Å². The molecule has 114 valence electrons. The molecule has 0 spiro atoms. The van der Waals surface area contributed by atoms with Crippen LogP contribution in [0.2, 0.25) is 10.0 Å². The zero-order valence-electron chi connectivity index (χ0n) is 11.9. The Hall–Kier alpha value is -0.330. The molecule has 0 aliphatic heterocycles. The lowest BCUT2D eigenvalue weighted by Crippen LogP contribution is -2.29. The highest BCUT2D eigenvalue weighted by Crippen LogP contribution is 2.31. The molecule has 0 unspecified atom stereocenters. The van der Waals surface area contributed by atoms with Crippen molar-refractivity contribution in [3.63, 3.8) is 0 Å². The molecule has 0 saturated heterocycles. The van der Waals surface area contributed by atoms with Gasteiger partial charge in [-0.25, -0.2) is 12.7 Å². The van der Waals surface area contributed by atoms with Crippen LogP contribution in [0.25, 0.3) is 0 Å². The molecule has 0 heterocycles. The SMILES string of the molecule is CC(C)CCN(C)S(=O)(=O)c1cc(Cl)cc(CN)c1Cl. The summed E-state index contributed by atoms with van der Waals surface area (Å²) in [4.78, 5) is 0.0124. The van der Waals surface area contributed by atoms with Crippen molar-refractivity contribution in [2.45, 2.75) is 31.7 Å². The summed E-state index contributed by atoms with van der Waals surface area (Å²) in [6, 6.07) is 2.95. The van der Waals surface area contributed by atoms with Crippen LogP contribution in [-0.4, -0.2) is 26.3 Å². The minimum atomic E-state index is -3.66. The molecule has 0 aromatic heterocycles. The summed E-state index contributed by atoms with van der Waals surface area (Å²) in [5.74, 6) is 0.419. The van der Waals surface area contributed by atoms with E-state index in [1.54, 1.807) is 6.07 Å². The second-order valence-corrected chi connectivity index (χ2v) is 7.92. The maximum Gasteiger partial charge on any atom is 0.244 e. The highest BCUT2D eigenvalue weighted by Gasteiger charge is 2.25. The molecule has 0 saturated carbocycles. The number of hydrogen-bond donors (Lipinski definition) is 1. The predicted molar refractivity (Wildman–Crippen MR) is 83.6 cm³/mol. The van der Waals surface area contributed by atoms with Gasteiger partial charge < -0.3 is 5.73 Å². The summed E-state index contributed by atoms with van der Waals surface area (Å²) in [5.41, 5.74) is 6.08. The van der Waals surface area contributed by atoms with Gasteiger partial charge in [-0.05, 0) is 30.0 Å². The first-order valence-corrected chi connectivity index (χ1v) is 8.54. The number of sulfonamides is 1. The van der Waals surface area contributed by atoms with Gasteiger partial charge in [0, 0.05) is 25.2 Å². The molecular formula is C13H20Cl2N2O2S. The zero-order chi connectivity index (χ0) is 15.5. The standard InChI is InChI=1S/C13H20Cl2N2O2S/c1-9(2)4-5-17(3)20(18,19)12-7-11(14)6-10(8-16)13(12)15/h6-7,9H,4-5,8,16H2,1-3H3. The number of hydrogen-bond acceptors (Lipinski definition) is 3. The second-order valence-electron chi connectivity index (χ2n) is 5.09. The summed E-state index contributed by atoms with van der Waals surface area (Å²) in [6.07, 6.45) is 0.775. The van der Waals surface area contributed by atoms with Gasteiger partial charge in [-0.3, -0.25) is 0 Å². The molecule has 0 fully saturated rings. The average Bonchev–Trinajstić information content (AvgIpc) is 2.37. The Labute approximate surface area is 130 Å². The van der Waals surface area contributed by atoms with Crippen molar-refractivity contribution in [2.24, 2.45) is 11.7 Å². The lowest BCUT2D eigenvalue weighted by Gasteiger charge is -2.20. The van der Waals surface area contributed by atoms with Crippen LogP contribution >= 0.6 is 23.2 Å². The molecular weight excluding hydrogens is 319 g/mol. The lowest BCUT2D eigenvalue weighted by atomic mass is 10.1. The van der Waals surface area contributed by atoms with Gasteiger partial charge in [-0.1, -0.05) is 37.0 Å². The Morgan fingerprint density at radius 3 is 2.40 bits per heavy atom. The highest BCUT2D eigenvalue weighted by atomic mass is 35.5. The monoisotopic (exact) mass is 338 g/mol. The predicted octanol–water partition coefficient (Wildman–Crippen LogP) is 3.12. The van der Waals surface area contributed by atoms with E-state index in [0.29, 0.717) is 23.0 Å². The second kappa shape index (κ2) is 7.09. The van der Waals surface area contributed by atoms with E-state index in [4.69, 9.17) is 28.9 Å². The number of rotatable bonds is 6. The molecule has 0 atom stereocenters. The molecule has 1 aromatic rings. The maximum absolute atomic E-state index is 12.5. The average molecular weight is 339 g/mol. The molecule has 0 bridgehead atoms. The molecule has 20 heavy (non-hydrogen) atoms. The summed E-state index contributed by atoms with van der Waals surface area (Å²) >= 11 is 12.1. The van der Waals surface area contributed by atoms with Gasteiger partial charge >= 0.3 is 0 Å². The van der Waals surface area contributed by atoms with Crippen LogP contribution in [0, 0.1) is 5.92 Å². The van der Waals surface area contributed by atoms with Gasteiger partial charge in [0.25, 0.3) is 0 Å². The third-order valence-corrected chi connectivity index (χ3v) is 5.67. The fraction of sp³-hybridized carbons (Fsp3) is 0.538. The first-order chi connectivity index (χ1) is 9.20. The first kappa shape index (κ1) is 17.7. The van der Waals surface area contributed by atoms with E-state index in [1.165, 1.54) is 17.4 Å². The smallest absolute Gasteiger partial charge is 0.244 e. The van der Waals surface area contributed by atoms with Crippen molar-refractivity contribution in [1.29, 1.82) is 0 Å². The number of benzene rings is 1. The summed E-state index contributed by atoms with van der Waals surface area (Å²) < 4.78 is 26.4. The van der Waals surface area contributed by atoms with Gasteiger partial charge in [-0.15, -0.1) is 0 Å². The van der Waals surface area contributed by atoms with Crippen molar-refractivity contribution in [3.05, 3.63) is 27.7 Å². The Bertz CT molecular complexity index is 574. The van der Waals surface area contributed by atoms with E-state index in [-0.39, 0.29) is 16.5 Å². The summed E-state index contributed by atoms with van der Waals surface area (Å²) in [6.45, 7) is 4.65. The number of nitrogens with two attached hydrogens (primary N) is 1. The minimum absolute atomic E-state index is 0.0124. The van der Waals surface area contributed by atoms with Crippen molar-refractivity contribution < 1.29 is 8.42 Å². The molecule has 4 nitrogen and oxygen atoms in total. The summed E-state index contributed by atoms with van der Waals surface area (Å²) in [5, 5.41) is 0.457. The van der Waals surface area contributed by atoms with Gasteiger partial charge in [-0.2, -0.15) is 0 Å². The Morgan fingerprint density at radius 2 is 1.90 bits per heavy atom. The first-order valence-electron chi connectivity index (χ1n) is 6.34. The Balaban J connectivity index is 3.18. The highest BCUT2D eigenvalue weighted by molar-refractivity contribution is 7.89. The molecule has 0 aliphatic carbocycles. The van der Waals surface area contributed by atoms with Gasteiger partial charge in [0.2, 0.25) is 10.0 Å². The van der Waals surface area contributed by atoms with Gasteiger partial charge in [0.05, 0.1) is 5.02 Å². The fourth-order valence-corrected chi connectivity index (χ4v) is 3.78. The number of nitrogens with zero attached hydrogens (tertiary/aromatic N) is 1. The molecule has 7 heteroatoms. The minimum Gasteiger partial charge on any atom is -0.326 e. The summed E-state index contributed by atoms with van der Waals surface area (Å²) in [7, 11) is -2.12. The lowest BCUT2D eigenvalue weighted by molar-refractivity contribution is 0.428. The van der Waals surface area contributed by atoms with E-state index in [1.807, 2.05) is 13.8 Å². The third-order valence-electron chi connectivity index (χ3n) is 3.01. The van der Waals surface area contributed by atoms with Crippen LogP contribution in [0.15, 0.2) is 17.0 Å². The zero-order valence-corrected chi connectivity index (χ0v) is 14.2. The molecule has 0 aliphatic rings. The van der Waals surface area contributed by atoms with Crippen LogP contribution in [-0.2, 0) is 16.6 Å².